The Bertz CT molecular complexity index is 772. The topological polar surface area (TPSA) is 85.2 Å². The maximum Gasteiger partial charge on any atom is 0.236 e. The van der Waals surface area contributed by atoms with Gasteiger partial charge in [-0.05, 0) is 33.1 Å². The van der Waals surface area contributed by atoms with Crippen LogP contribution in [-0.4, -0.2) is 63.3 Å². The van der Waals surface area contributed by atoms with Crippen molar-refractivity contribution in [2.45, 2.75) is 74.7 Å². The number of hydrogen-bond acceptors (Lipinski definition) is 6. The average Bonchev–Trinajstić information content (AvgIpc) is 3.18. The summed E-state index contributed by atoms with van der Waals surface area (Å²) in [5.74, 6) is 1.13. The van der Waals surface area contributed by atoms with E-state index in [1.807, 2.05) is 30.4 Å². The molecule has 152 valence electrons. The lowest BCUT2D eigenvalue weighted by Gasteiger charge is -2.35. The summed E-state index contributed by atoms with van der Waals surface area (Å²) in [6, 6.07) is 0.359. The van der Waals surface area contributed by atoms with Crippen molar-refractivity contribution in [2.75, 3.05) is 18.1 Å². The van der Waals surface area contributed by atoms with Crippen molar-refractivity contribution in [1.82, 2.24) is 19.7 Å². The maximum absolute atomic E-state index is 13.0. The standard InChI is InChI=1S/C18H30N4O3S2/c1-4-22(15-8-6-5-7-9-15)17(23)13(2)26-18-20-19-16(21(18)3)14-10-11-27(24,25)12-14/h13-15H,4-12H2,1-3H3. The van der Waals surface area contributed by atoms with Crippen LogP contribution < -0.4 is 0 Å². The third-order valence-corrected chi connectivity index (χ3v) is 8.62. The largest absolute Gasteiger partial charge is 0.339 e. The van der Waals surface area contributed by atoms with Crippen LogP contribution >= 0.6 is 11.8 Å². The van der Waals surface area contributed by atoms with Crippen LogP contribution in [0.25, 0.3) is 0 Å². The van der Waals surface area contributed by atoms with Gasteiger partial charge in [-0.2, -0.15) is 0 Å². The number of sulfone groups is 1. The molecule has 0 spiro atoms. The molecule has 2 heterocycles. The molecule has 9 heteroatoms. The third-order valence-electron chi connectivity index (χ3n) is 5.74. The number of carbonyl (C=O) groups is 1. The second-order valence-corrected chi connectivity index (χ2v) is 11.2. The molecular formula is C18H30N4O3S2. The fourth-order valence-electron chi connectivity index (χ4n) is 4.21. The van der Waals surface area contributed by atoms with Crippen LogP contribution in [0.1, 0.15) is 64.1 Å². The zero-order chi connectivity index (χ0) is 19.6. The quantitative estimate of drug-likeness (QED) is 0.665. The van der Waals surface area contributed by atoms with Gasteiger partial charge in [0.2, 0.25) is 5.91 Å². The number of thioether (sulfide) groups is 1. The van der Waals surface area contributed by atoms with Gasteiger partial charge in [-0.3, -0.25) is 4.79 Å². The van der Waals surface area contributed by atoms with Gasteiger partial charge in [0.15, 0.2) is 15.0 Å². The molecule has 2 fully saturated rings. The number of carbonyl (C=O) groups excluding carboxylic acids is 1. The summed E-state index contributed by atoms with van der Waals surface area (Å²) in [7, 11) is -1.10. The fraction of sp³-hybridized carbons (Fsp3) is 0.833. The lowest BCUT2D eigenvalue weighted by molar-refractivity contribution is -0.133. The molecule has 2 unspecified atom stereocenters. The van der Waals surface area contributed by atoms with E-state index in [9.17, 15) is 13.2 Å². The van der Waals surface area contributed by atoms with E-state index in [4.69, 9.17) is 0 Å². The zero-order valence-corrected chi connectivity index (χ0v) is 18.1. The molecule has 1 aliphatic carbocycles. The molecule has 1 aliphatic heterocycles. The summed E-state index contributed by atoms with van der Waals surface area (Å²) < 4.78 is 25.3. The molecule has 2 atom stereocenters. The normalized spacial score (nSPS) is 24.0. The van der Waals surface area contributed by atoms with Crippen molar-refractivity contribution in [3.05, 3.63) is 5.82 Å². The molecule has 0 aromatic carbocycles. The van der Waals surface area contributed by atoms with Gasteiger partial charge < -0.3 is 9.47 Å². The van der Waals surface area contributed by atoms with E-state index in [1.165, 1.54) is 31.0 Å². The van der Waals surface area contributed by atoms with Gasteiger partial charge in [0.1, 0.15) is 5.82 Å². The second kappa shape index (κ2) is 8.51. The van der Waals surface area contributed by atoms with Gasteiger partial charge in [-0.25, -0.2) is 8.42 Å². The number of hydrogen-bond donors (Lipinski definition) is 0. The first-order valence-electron chi connectivity index (χ1n) is 9.89. The number of rotatable bonds is 6. The Labute approximate surface area is 166 Å². The van der Waals surface area contributed by atoms with Gasteiger partial charge in [-0.15, -0.1) is 10.2 Å². The highest BCUT2D eigenvalue weighted by Gasteiger charge is 2.33. The molecular weight excluding hydrogens is 384 g/mol. The van der Waals surface area contributed by atoms with Gasteiger partial charge in [0, 0.05) is 25.6 Å². The molecule has 1 aromatic heterocycles. The Balaban J connectivity index is 1.66. The first kappa shape index (κ1) is 20.6. The fourth-order valence-corrected chi connectivity index (χ4v) is 6.84. The van der Waals surface area contributed by atoms with Crippen LogP contribution in [0.15, 0.2) is 5.16 Å². The Morgan fingerprint density at radius 2 is 1.96 bits per heavy atom. The van der Waals surface area contributed by atoms with E-state index in [0.717, 1.165) is 19.4 Å². The van der Waals surface area contributed by atoms with Gasteiger partial charge in [0.05, 0.1) is 16.8 Å². The summed E-state index contributed by atoms with van der Waals surface area (Å²) in [6.45, 7) is 4.70. The minimum absolute atomic E-state index is 0.0952. The molecule has 1 aromatic rings. The van der Waals surface area contributed by atoms with Crippen LogP contribution in [0.5, 0.6) is 0 Å². The van der Waals surface area contributed by atoms with Crippen molar-refractivity contribution >= 4 is 27.5 Å². The Morgan fingerprint density at radius 1 is 1.26 bits per heavy atom. The SMILES string of the molecule is CCN(C(=O)C(C)Sc1nnc(C2CCS(=O)(=O)C2)n1C)C1CCCCC1. The molecule has 3 rings (SSSR count). The first-order valence-corrected chi connectivity index (χ1v) is 12.6. The van der Waals surface area contributed by atoms with Crippen LogP contribution in [0.4, 0.5) is 0 Å². The monoisotopic (exact) mass is 414 g/mol. The van der Waals surface area contributed by atoms with Crippen molar-refractivity contribution in [3.8, 4) is 0 Å². The highest BCUT2D eigenvalue weighted by molar-refractivity contribution is 8.00. The minimum Gasteiger partial charge on any atom is -0.339 e. The maximum atomic E-state index is 13.0. The summed E-state index contributed by atoms with van der Waals surface area (Å²) in [5, 5.41) is 8.91. The molecule has 1 saturated carbocycles. The van der Waals surface area contributed by atoms with E-state index in [-0.39, 0.29) is 28.6 Å². The van der Waals surface area contributed by atoms with Crippen LogP contribution in [0, 0.1) is 0 Å². The van der Waals surface area contributed by atoms with E-state index >= 15 is 0 Å². The highest BCUT2D eigenvalue weighted by Crippen LogP contribution is 2.31. The smallest absolute Gasteiger partial charge is 0.236 e. The summed E-state index contributed by atoms with van der Waals surface area (Å²) in [4.78, 5) is 15.0. The summed E-state index contributed by atoms with van der Waals surface area (Å²) in [6.07, 6.45) is 6.46. The minimum atomic E-state index is -2.96. The number of nitrogens with zero attached hydrogens (tertiary/aromatic N) is 4. The molecule has 1 saturated heterocycles. The number of aromatic nitrogens is 3. The molecule has 0 radical (unpaired) electrons. The van der Waals surface area contributed by atoms with Crippen LogP contribution in [-0.2, 0) is 21.7 Å². The van der Waals surface area contributed by atoms with Crippen molar-refractivity contribution in [2.24, 2.45) is 7.05 Å². The van der Waals surface area contributed by atoms with E-state index in [1.54, 1.807) is 0 Å². The predicted molar refractivity (Wildman–Crippen MR) is 107 cm³/mol. The molecule has 0 N–H and O–H groups in total. The Morgan fingerprint density at radius 3 is 2.56 bits per heavy atom. The molecule has 27 heavy (non-hydrogen) atoms. The summed E-state index contributed by atoms with van der Waals surface area (Å²) >= 11 is 1.41. The lowest BCUT2D eigenvalue weighted by Crippen LogP contribution is -2.44. The highest BCUT2D eigenvalue weighted by atomic mass is 32.2. The van der Waals surface area contributed by atoms with Gasteiger partial charge >= 0.3 is 0 Å². The molecule has 0 bridgehead atoms. The van der Waals surface area contributed by atoms with E-state index in [0.29, 0.717) is 23.4 Å². The number of amides is 1. The van der Waals surface area contributed by atoms with E-state index < -0.39 is 9.84 Å². The Kier molecular flexibility index (Phi) is 6.50. The van der Waals surface area contributed by atoms with Crippen LogP contribution in [0.3, 0.4) is 0 Å². The molecule has 1 amide bonds. The van der Waals surface area contributed by atoms with Gasteiger partial charge in [-0.1, -0.05) is 31.0 Å². The molecule has 2 aliphatic rings. The predicted octanol–water partition coefficient (Wildman–Crippen LogP) is 2.38. The first-order chi connectivity index (χ1) is 12.8. The van der Waals surface area contributed by atoms with Crippen LogP contribution in [0.2, 0.25) is 0 Å². The van der Waals surface area contributed by atoms with Crippen molar-refractivity contribution in [1.29, 1.82) is 0 Å². The van der Waals surface area contributed by atoms with Crippen molar-refractivity contribution in [3.63, 3.8) is 0 Å². The Hall–Kier alpha value is -1.09. The van der Waals surface area contributed by atoms with Gasteiger partial charge in [0.25, 0.3) is 0 Å². The third kappa shape index (κ3) is 4.67. The zero-order valence-electron chi connectivity index (χ0n) is 16.4. The molecule has 7 nitrogen and oxygen atoms in total. The van der Waals surface area contributed by atoms with E-state index in [2.05, 4.69) is 10.2 Å². The second-order valence-electron chi connectivity index (χ2n) is 7.68. The van der Waals surface area contributed by atoms with Crippen molar-refractivity contribution < 1.29 is 13.2 Å². The summed E-state index contributed by atoms with van der Waals surface area (Å²) in [5.41, 5.74) is 0. The average molecular weight is 415 g/mol. The lowest BCUT2D eigenvalue weighted by atomic mass is 9.94.